The molecule has 3 N–H and O–H groups in total. The highest BCUT2D eigenvalue weighted by atomic mass is 15.0. The molecule has 1 aromatic heterocycles. The third-order valence-corrected chi connectivity index (χ3v) is 3.11. The Labute approximate surface area is 92.5 Å². The first kappa shape index (κ1) is 12.1. The van der Waals surface area contributed by atoms with E-state index in [9.17, 15) is 0 Å². The average molecular weight is 209 g/mol. The van der Waals surface area contributed by atoms with Gasteiger partial charge >= 0.3 is 0 Å². The van der Waals surface area contributed by atoms with Crippen molar-refractivity contribution in [3.8, 4) is 0 Å². The summed E-state index contributed by atoms with van der Waals surface area (Å²) >= 11 is 0. The normalized spacial score (nSPS) is 11.9. The Bertz CT molecular complexity index is 281. The first-order chi connectivity index (χ1) is 7.00. The van der Waals surface area contributed by atoms with Crippen molar-refractivity contribution in [1.29, 1.82) is 0 Å². The summed E-state index contributed by atoms with van der Waals surface area (Å²) in [6, 6.07) is 0. The number of rotatable bonds is 5. The van der Waals surface area contributed by atoms with E-state index in [-0.39, 0.29) is 0 Å². The van der Waals surface area contributed by atoms with Crippen LogP contribution in [0.15, 0.2) is 6.20 Å². The minimum atomic E-state index is 0.524. The number of nitrogens with two attached hydrogens (primary N) is 1. The van der Waals surface area contributed by atoms with Crippen molar-refractivity contribution in [2.75, 3.05) is 5.73 Å². The maximum absolute atomic E-state index is 5.54. The van der Waals surface area contributed by atoms with Gasteiger partial charge in [-0.15, -0.1) is 0 Å². The number of hydrogen-bond donors (Lipinski definition) is 2. The molecule has 15 heavy (non-hydrogen) atoms. The zero-order chi connectivity index (χ0) is 11.4. The van der Waals surface area contributed by atoms with Crippen LogP contribution in [0.4, 0.5) is 5.95 Å². The van der Waals surface area contributed by atoms with Crippen LogP contribution in [-0.4, -0.2) is 9.97 Å². The molecule has 0 aromatic carbocycles. The van der Waals surface area contributed by atoms with Crippen LogP contribution in [0.2, 0.25) is 0 Å². The highest BCUT2D eigenvalue weighted by Gasteiger charge is 2.17. The number of nitrogens with zero attached hydrogens (tertiary/aromatic N) is 1. The minimum absolute atomic E-state index is 0.524. The summed E-state index contributed by atoms with van der Waals surface area (Å²) in [7, 11) is 0. The Balaban J connectivity index is 2.47. The van der Waals surface area contributed by atoms with Crippen molar-refractivity contribution < 1.29 is 0 Å². The fourth-order valence-electron chi connectivity index (χ4n) is 2.26. The van der Waals surface area contributed by atoms with Crippen LogP contribution in [-0.2, 0) is 6.42 Å². The topological polar surface area (TPSA) is 54.7 Å². The van der Waals surface area contributed by atoms with E-state index in [1.807, 2.05) is 6.20 Å². The summed E-state index contributed by atoms with van der Waals surface area (Å²) < 4.78 is 0. The summed E-state index contributed by atoms with van der Waals surface area (Å²) in [6.07, 6.45) is 4.09. The van der Waals surface area contributed by atoms with Gasteiger partial charge < -0.3 is 10.7 Å². The lowest BCUT2D eigenvalue weighted by molar-refractivity contribution is 0.269. The summed E-state index contributed by atoms with van der Waals surface area (Å²) in [5.41, 5.74) is 6.69. The first-order valence-corrected chi connectivity index (χ1v) is 5.80. The molecule has 0 aliphatic rings. The lowest BCUT2D eigenvalue weighted by Gasteiger charge is -2.24. The Hall–Kier alpha value is -0.990. The van der Waals surface area contributed by atoms with Crippen LogP contribution in [0.5, 0.6) is 0 Å². The van der Waals surface area contributed by atoms with Gasteiger partial charge in [0.1, 0.15) is 0 Å². The van der Waals surface area contributed by atoms with E-state index in [1.165, 1.54) is 6.42 Å². The largest absolute Gasteiger partial charge is 0.369 e. The third kappa shape index (κ3) is 3.57. The monoisotopic (exact) mass is 209 g/mol. The molecule has 3 heteroatoms. The predicted octanol–water partition coefficient (Wildman–Crippen LogP) is 2.85. The van der Waals surface area contributed by atoms with Crippen LogP contribution >= 0.6 is 0 Å². The molecule has 3 nitrogen and oxygen atoms in total. The SMILES string of the molecule is CC(C)C(CCc1cnc(N)[nH]1)C(C)C. The van der Waals surface area contributed by atoms with E-state index < -0.39 is 0 Å². The Morgan fingerprint density at radius 3 is 2.27 bits per heavy atom. The lowest BCUT2D eigenvalue weighted by Crippen LogP contribution is -2.16. The van der Waals surface area contributed by atoms with E-state index >= 15 is 0 Å². The Morgan fingerprint density at radius 2 is 1.87 bits per heavy atom. The van der Waals surface area contributed by atoms with Crippen LogP contribution in [0, 0.1) is 17.8 Å². The third-order valence-electron chi connectivity index (χ3n) is 3.11. The van der Waals surface area contributed by atoms with E-state index in [4.69, 9.17) is 5.73 Å². The molecule has 0 spiro atoms. The number of imidazole rings is 1. The van der Waals surface area contributed by atoms with Gasteiger partial charge in [-0.1, -0.05) is 27.7 Å². The van der Waals surface area contributed by atoms with Gasteiger partial charge in [-0.05, 0) is 30.6 Å². The fourth-order valence-corrected chi connectivity index (χ4v) is 2.26. The molecule has 0 atom stereocenters. The number of aromatic amines is 1. The summed E-state index contributed by atoms with van der Waals surface area (Å²) in [5.74, 6) is 2.78. The lowest BCUT2D eigenvalue weighted by atomic mass is 9.82. The Kier molecular flexibility index (Phi) is 4.18. The molecule has 0 aliphatic heterocycles. The van der Waals surface area contributed by atoms with Crippen molar-refractivity contribution in [3.63, 3.8) is 0 Å². The van der Waals surface area contributed by atoms with Gasteiger partial charge in [0.15, 0.2) is 5.95 Å². The van der Waals surface area contributed by atoms with Crippen LogP contribution in [0.3, 0.4) is 0 Å². The molecule has 0 fully saturated rings. The summed E-state index contributed by atoms with van der Waals surface area (Å²) in [6.45, 7) is 9.19. The molecule has 0 saturated carbocycles. The van der Waals surface area contributed by atoms with Crippen LogP contribution < -0.4 is 5.73 Å². The molecule has 0 radical (unpaired) electrons. The van der Waals surface area contributed by atoms with E-state index in [1.54, 1.807) is 0 Å². The average Bonchev–Trinajstić information content (AvgIpc) is 2.50. The molecule has 0 unspecified atom stereocenters. The molecule has 0 aliphatic carbocycles. The van der Waals surface area contributed by atoms with Gasteiger partial charge in [0, 0.05) is 5.69 Å². The molecular weight excluding hydrogens is 186 g/mol. The van der Waals surface area contributed by atoms with Gasteiger partial charge in [-0.2, -0.15) is 0 Å². The minimum Gasteiger partial charge on any atom is -0.369 e. The smallest absolute Gasteiger partial charge is 0.197 e. The zero-order valence-electron chi connectivity index (χ0n) is 10.2. The second-order valence-corrected chi connectivity index (χ2v) is 4.98. The fraction of sp³-hybridized carbons (Fsp3) is 0.750. The quantitative estimate of drug-likeness (QED) is 0.783. The standard InChI is InChI=1S/C12H23N3/c1-8(2)11(9(3)4)6-5-10-7-14-12(13)15-10/h7-9,11H,5-6H2,1-4H3,(H3,13,14,15). The van der Waals surface area contributed by atoms with E-state index in [0.29, 0.717) is 5.95 Å². The van der Waals surface area contributed by atoms with Crippen molar-refractivity contribution in [3.05, 3.63) is 11.9 Å². The molecular formula is C12H23N3. The summed E-state index contributed by atoms with van der Waals surface area (Å²) in [4.78, 5) is 7.08. The van der Waals surface area contributed by atoms with Gasteiger partial charge in [-0.3, -0.25) is 0 Å². The van der Waals surface area contributed by atoms with Gasteiger partial charge in [-0.25, -0.2) is 4.98 Å². The molecule has 0 saturated heterocycles. The predicted molar refractivity (Wildman–Crippen MR) is 64.5 cm³/mol. The maximum atomic E-state index is 5.54. The second-order valence-electron chi connectivity index (χ2n) is 4.98. The van der Waals surface area contributed by atoms with Gasteiger partial charge in [0.05, 0.1) is 6.20 Å². The van der Waals surface area contributed by atoms with E-state index in [0.717, 1.165) is 29.9 Å². The number of nitrogen functional groups attached to an aromatic ring is 1. The molecule has 86 valence electrons. The number of anilines is 1. The molecule has 1 rings (SSSR count). The van der Waals surface area contributed by atoms with Gasteiger partial charge in [0.2, 0.25) is 0 Å². The van der Waals surface area contributed by atoms with Crippen LogP contribution in [0.1, 0.15) is 39.8 Å². The number of hydrogen-bond acceptors (Lipinski definition) is 2. The molecule has 1 heterocycles. The molecule has 0 bridgehead atoms. The zero-order valence-corrected chi connectivity index (χ0v) is 10.2. The number of aromatic nitrogens is 2. The highest BCUT2D eigenvalue weighted by molar-refractivity contribution is 5.18. The highest BCUT2D eigenvalue weighted by Crippen LogP contribution is 2.25. The van der Waals surface area contributed by atoms with E-state index in [2.05, 4.69) is 37.7 Å². The van der Waals surface area contributed by atoms with Crippen LogP contribution in [0.25, 0.3) is 0 Å². The Morgan fingerprint density at radius 1 is 1.27 bits per heavy atom. The van der Waals surface area contributed by atoms with Crippen molar-refractivity contribution >= 4 is 5.95 Å². The number of nitrogens with one attached hydrogen (secondary N) is 1. The first-order valence-electron chi connectivity index (χ1n) is 5.80. The number of H-pyrrole nitrogens is 1. The summed E-state index contributed by atoms with van der Waals surface area (Å²) in [5, 5.41) is 0. The maximum Gasteiger partial charge on any atom is 0.197 e. The van der Waals surface area contributed by atoms with Crippen molar-refractivity contribution in [1.82, 2.24) is 9.97 Å². The van der Waals surface area contributed by atoms with Crippen molar-refractivity contribution in [2.24, 2.45) is 17.8 Å². The molecule has 0 amide bonds. The number of aryl methyl sites for hydroxylation is 1. The second kappa shape index (κ2) is 5.19. The van der Waals surface area contributed by atoms with Gasteiger partial charge in [0.25, 0.3) is 0 Å². The van der Waals surface area contributed by atoms with Crippen molar-refractivity contribution in [2.45, 2.75) is 40.5 Å². The molecule has 1 aromatic rings.